The summed E-state index contributed by atoms with van der Waals surface area (Å²) in [5, 5.41) is 13.6. The molecule has 0 aliphatic heterocycles. The molecule has 0 aromatic heterocycles. The summed E-state index contributed by atoms with van der Waals surface area (Å²) in [5.74, 6) is 0. The van der Waals surface area contributed by atoms with Gasteiger partial charge in [-0.1, -0.05) is 65.7 Å². The van der Waals surface area contributed by atoms with E-state index in [0.717, 1.165) is 16.7 Å². The van der Waals surface area contributed by atoms with E-state index in [9.17, 15) is 26.7 Å². The fourth-order valence-corrected chi connectivity index (χ4v) is 6.40. The van der Waals surface area contributed by atoms with Gasteiger partial charge in [-0.05, 0) is 43.7 Å². The predicted molar refractivity (Wildman–Crippen MR) is 145 cm³/mol. The highest BCUT2D eigenvalue weighted by molar-refractivity contribution is 7.87. The lowest BCUT2D eigenvalue weighted by Crippen LogP contribution is -2.69. The van der Waals surface area contributed by atoms with Gasteiger partial charge in [-0.3, -0.25) is 8.37 Å². The zero-order chi connectivity index (χ0) is 29.0. The number of amides is 1. The van der Waals surface area contributed by atoms with Crippen molar-refractivity contribution in [3.63, 3.8) is 0 Å². The molecule has 0 spiro atoms. The minimum Gasteiger partial charge on any atom is -0.445 e. The van der Waals surface area contributed by atoms with Crippen LogP contribution >= 0.6 is 0 Å². The van der Waals surface area contributed by atoms with Crippen molar-refractivity contribution < 1.29 is 39.8 Å². The quantitative estimate of drug-likeness (QED) is 0.320. The molecule has 0 heterocycles. The van der Waals surface area contributed by atoms with Crippen molar-refractivity contribution in [2.24, 2.45) is 0 Å². The number of hydrogen-bond acceptors (Lipinski definition) is 9. The highest BCUT2D eigenvalue weighted by Gasteiger charge is 2.56. The molecule has 1 aliphatic carbocycles. The van der Waals surface area contributed by atoms with Gasteiger partial charge in [-0.25, -0.2) is 4.79 Å². The van der Waals surface area contributed by atoms with Crippen molar-refractivity contribution in [3.8, 4) is 0 Å². The molecule has 1 saturated carbocycles. The van der Waals surface area contributed by atoms with Crippen LogP contribution in [0.1, 0.15) is 29.5 Å². The molecule has 3 aromatic carbocycles. The Labute approximate surface area is 234 Å². The van der Waals surface area contributed by atoms with Gasteiger partial charge in [0.05, 0.1) is 34.1 Å². The Kier molecular flexibility index (Phi) is 8.66. The molecule has 214 valence electrons. The molecule has 0 radical (unpaired) electrons. The number of carbonyl (C=O) groups is 1. The van der Waals surface area contributed by atoms with Crippen molar-refractivity contribution in [2.45, 2.75) is 54.2 Å². The van der Waals surface area contributed by atoms with E-state index in [1.165, 1.54) is 24.3 Å². The average molecular weight is 590 g/mol. The van der Waals surface area contributed by atoms with Crippen LogP contribution in [0.25, 0.3) is 0 Å². The molecule has 1 aliphatic rings. The van der Waals surface area contributed by atoms with Gasteiger partial charge in [-0.2, -0.15) is 16.8 Å². The summed E-state index contributed by atoms with van der Waals surface area (Å²) >= 11 is 0. The van der Waals surface area contributed by atoms with Crippen LogP contribution in [0.5, 0.6) is 0 Å². The molecule has 1 fully saturated rings. The Morgan fingerprint density at radius 1 is 0.775 bits per heavy atom. The highest BCUT2D eigenvalue weighted by Crippen LogP contribution is 2.43. The zero-order valence-electron chi connectivity index (χ0n) is 22.1. The van der Waals surface area contributed by atoms with Crippen LogP contribution in [0.2, 0.25) is 0 Å². The first-order valence-corrected chi connectivity index (χ1v) is 15.3. The van der Waals surface area contributed by atoms with E-state index in [1.807, 2.05) is 19.9 Å². The van der Waals surface area contributed by atoms with Crippen LogP contribution in [0.3, 0.4) is 0 Å². The lowest BCUT2D eigenvalue weighted by atomic mass is 9.65. The first-order chi connectivity index (χ1) is 18.8. The molecule has 0 saturated heterocycles. The first-order valence-electron chi connectivity index (χ1n) is 12.4. The van der Waals surface area contributed by atoms with E-state index in [2.05, 4.69) is 5.32 Å². The summed E-state index contributed by atoms with van der Waals surface area (Å²) in [6, 6.07) is 21.0. The van der Waals surface area contributed by atoms with Gasteiger partial charge in [0.1, 0.15) is 6.61 Å². The number of aliphatic hydroxyl groups is 1. The fourth-order valence-electron chi connectivity index (χ4n) is 4.44. The normalized spacial score (nSPS) is 20.9. The zero-order valence-corrected chi connectivity index (χ0v) is 23.7. The predicted octanol–water partition coefficient (Wildman–Crippen LogP) is 3.60. The summed E-state index contributed by atoms with van der Waals surface area (Å²) < 4.78 is 66.5. The van der Waals surface area contributed by atoms with Crippen LogP contribution in [0, 0.1) is 13.8 Å². The molecule has 1 amide bonds. The fraction of sp³-hybridized carbons (Fsp3) is 0.321. The topological polar surface area (TPSA) is 145 Å². The average Bonchev–Trinajstić information content (AvgIpc) is 2.90. The molecule has 0 bridgehead atoms. The molecule has 10 nitrogen and oxygen atoms in total. The van der Waals surface area contributed by atoms with Crippen LogP contribution in [0.15, 0.2) is 88.7 Å². The van der Waals surface area contributed by atoms with Gasteiger partial charge < -0.3 is 15.2 Å². The van der Waals surface area contributed by atoms with E-state index < -0.39 is 50.7 Å². The van der Waals surface area contributed by atoms with Crippen molar-refractivity contribution in [1.29, 1.82) is 0 Å². The molecule has 40 heavy (non-hydrogen) atoms. The minimum absolute atomic E-state index is 0.0343. The Hall–Kier alpha value is -3.29. The molecule has 4 rings (SSSR count). The van der Waals surface area contributed by atoms with Gasteiger partial charge in [0.15, 0.2) is 0 Å². The van der Waals surface area contributed by atoms with Crippen LogP contribution in [-0.2, 0) is 39.9 Å². The van der Waals surface area contributed by atoms with Crippen molar-refractivity contribution in [1.82, 2.24) is 5.32 Å². The second-order valence-electron chi connectivity index (χ2n) is 10.1. The third kappa shape index (κ3) is 7.46. The number of aryl methyl sites for hydroxylation is 2. The van der Waals surface area contributed by atoms with E-state index in [0.29, 0.717) is 0 Å². The Bertz CT molecular complexity index is 1530. The minimum atomic E-state index is -4.19. The van der Waals surface area contributed by atoms with E-state index in [1.54, 1.807) is 48.5 Å². The molecular formula is C28H31NO9S2. The van der Waals surface area contributed by atoms with E-state index in [4.69, 9.17) is 13.1 Å². The number of ether oxygens (including phenoxy) is 1. The largest absolute Gasteiger partial charge is 0.445 e. The number of carbonyl (C=O) groups excluding carboxylic acids is 1. The van der Waals surface area contributed by atoms with Gasteiger partial charge in [0.25, 0.3) is 20.2 Å². The molecule has 2 N–H and O–H groups in total. The summed E-state index contributed by atoms with van der Waals surface area (Å²) in [7, 11) is -8.35. The third-order valence-corrected chi connectivity index (χ3v) is 9.06. The number of benzene rings is 3. The van der Waals surface area contributed by atoms with E-state index >= 15 is 0 Å². The SMILES string of the molecule is Cc1ccc(S(=O)(=O)OCC2(O)CC(COS(=O)(=O)c3ccc(C)cc3)(NC(=O)OCc3ccccc3)C2)cc1. The smallest absolute Gasteiger partial charge is 0.407 e. The first kappa shape index (κ1) is 29.7. The number of alkyl carbamates (subject to hydrolysis) is 1. The van der Waals surface area contributed by atoms with Crippen LogP contribution in [-0.4, -0.2) is 52.4 Å². The molecule has 0 unspecified atom stereocenters. The second kappa shape index (κ2) is 11.7. The maximum absolute atomic E-state index is 12.8. The van der Waals surface area contributed by atoms with Crippen LogP contribution < -0.4 is 5.32 Å². The maximum Gasteiger partial charge on any atom is 0.407 e. The standard InChI is InChI=1S/C28H31NO9S2/c1-21-8-12-24(13-9-21)39(32,33)37-19-27(29-26(30)36-16-23-6-4-3-5-7-23)17-28(31,18-27)20-38-40(34,35)25-14-10-22(2)11-15-25/h3-15,31H,16-20H2,1-2H3,(H,29,30). The Morgan fingerprint density at radius 3 is 1.75 bits per heavy atom. The van der Waals surface area contributed by atoms with Crippen molar-refractivity contribution in [2.75, 3.05) is 13.2 Å². The summed E-state index contributed by atoms with van der Waals surface area (Å²) in [6.45, 7) is 2.47. The van der Waals surface area contributed by atoms with Gasteiger partial charge >= 0.3 is 6.09 Å². The van der Waals surface area contributed by atoms with Crippen molar-refractivity contribution in [3.05, 3.63) is 95.6 Å². The number of hydrogen-bond donors (Lipinski definition) is 2. The number of nitrogens with one attached hydrogen (secondary N) is 1. The monoisotopic (exact) mass is 589 g/mol. The van der Waals surface area contributed by atoms with Crippen molar-refractivity contribution >= 4 is 26.3 Å². The summed E-state index contributed by atoms with van der Waals surface area (Å²) in [4.78, 5) is 12.5. The summed E-state index contributed by atoms with van der Waals surface area (Å²) in [5.41, 5.74) is -0.571. The van der Waals surface area contributed by atoms with Gasteiger partial charge in [0, 0.05) is 12.8 Å². The van der Waals surface area contributed by atoms with E-state index in [-0.39, 0.29) is 29.2 Å². The summed E-state index contributed by atoms with van der Waals surface area (Å²) in [6.07, 6.45) is -1.34. The second-order valence-corrected chi connectivity index (χ2v) is 13.3. The van der Waals surface area contributed by atoms with Gasteiger partial charge in [0.2, 0.25) is 0 Å². The highest BCUT2D eigenvalue weighted by atomic mass is 32.2. The Morgan fingerprint density at radius 2 is 1.25 bits per heavy atom. The molecule has 12 heteroatoms. The molecule has 3 aromatic rings. The lowest BCUT2D eigenvalue weighted by molar-refractivity contribution is -0.129. The maximum atomic E-state index is 12.8. The molecule has 0 atom stereocenters. The Balaban J connectivity index is 1.44. The number of rotatable bonds is 11. The van der Waals surface area contributed by atoms with Crippen LogP contribution in [0.4, 0.5) is 4.79 Å². The van der Waals surface area contributed by atoms with Gasteiger partial charge in [-0.15, -0.1) is 0 Å². The lowest BCUT2D eigenvalue weighted by Gasteiger charge is -2.52. The molecular weight excluding hydrogens is 558 g/mol. The third-order valence-electron chi connectivity index (χ3n) is 6.51.